The molecule has 0 radical (unpaired) electrons. The van der Waals surface area contributed by atoms with Crippen molar-refractivity contribution < 1.29 is 14.3 Å². The van der Waals surface area contributed by atoms with Crippen LogP contribution in [0, 0.1) is 20.8 Å². The Labute approximate surface area is 303 Å². The average molecular weight is 693 g/mol. The van der Waals surface area contributed by atoms with Gasteiger partial charge < -0.3 is 4.74 Å². The Bertz CT molecular complexity index is 2280. The smallest absolute Gasteiger partial charge is 0.242 e. The van der Waals surface area contributed by atoms with E-state index >= 15 is 0 Å². The van der Waals surface area contributed by atoms with Crippen LogP contribution in [0.25, 0.3) is 11.3 Å². The van der Waals surface area contributed by atoms with Crippen molar-refractivity contribution in [1.29, 1.82) is 0 Å². The summed E-state index contributed by atoms with van der Waals surface area (Å²) in [6.45, 7) is 15.4. The topological polar surface area (TPSA) is 127 Å². The molecule has 0 bridgehead atoms. The van der Waals surface area contributed by atoms with Crippen LogP contribution in [0.15, 0.2) is 97.6 Å². The summed E-state index contributed by atoms with van der Waals surface area (Å²) in [6.07, 6.45) is 15.8. The van der Waals surface area contributed by atoms with Gasteiger partial charge in [0.25, 0.3) is 0 Å². The highest BCUT2D eigenvalue weighted by molar-refractivity contribution is 6.13. The van der Waals surface area contributed by atoms with Crippen molar-refractivity contribution in [2.24, 2.45) is 0 Å². The van der Waals surface area contributed by atoms with Crippen molar-refractivity contribution in [2.75, 3.05) is 9.80 Å². The highest BCUT2D eigenvalue weighted by atomic mass is 16.5. The van der Waals surface area contributed by atoms with Gasteiger partial charge in [-0.05, 0) is 95.9 Å². The molecule has 0 aliphatic carbocycles. The van der Waals surface area contributed by atoms with Gasteiger partial charge in [0.15, 0.2) is 5.82 Å². The Morgan fingerprint density at radius 2 is 1.37 bits per heavy atom. The number of hydrogen-bond donors (Lipinski definition) is 0. The third kappa shape index (κ3) is 6.01. The molecular weight excluding hydrogens is 653 g/mol. The van der Waals surface area contributed by atoms with Crippen LogP contribution in [0.3, 0.4) is 0 Å². The van der Waals surface area contributed by atoms with Gasteiger partial charge in [0.05, 0.1) is 76.0 Å². The van der Waals surface area contributed by atoms with Crippen LogP contribution in [0.2, 0.25) is 0 Å². The molecule has 1 unspecified atom stereocenters. The summed E-state index contributed by atoms with van der Waals surface area (Å²) in [6, 6.07) is 12.1. The molecular formula is C41H40N8O3. The normalized spacial score (nSPS) is 17.9. The van der Waals surface area contributed by atoms with Crippen LogP contribution in [-0.2, 0) is 25.2 Å². The number of carbonyl (C=O) groups excluding carboxylic acids is 2. The number of ether oxygens (including phenoxy) is 1. The van der Waals surface area contributed by atoms with Crippen LogP contribution in [0.1, 0.15) is 74.6 Å². The highest BCUT2D eigenvalue weighted by Gasteiger charge is 2.46. The minimum atomic E-state index is -0.627. The Morgan fingerprint density at radius 3 is 2.00 bits per heavy atom. The summed E-state index contributed by atoms with van der Waals surface area (Å²) in [5.74, 6) is 1.22. The first kappa shape index (κ1) is 34.4. The van der Waals surface area contributed by atoms with Gasteiger partial charge in [-0.1, -0.05) is 30.3 Å². The second kappa shape index (κ2) is 12.9. The van der Waals surface area contributed by atoms with E-state index in [-0.39, 0.29) is 17.9 Å². The van der Waals surface area contributed by atoms with E-state index in [2.05, 4.69) is 29.9 Å². The molecule has 0 saturated heterocycles. The summed E-state index contributed by atoms with van der Waals surface area (Å²) in [4.78, 5) is 55.6. The molecule has 3 aliphatic heterocycles. The van der Waals surface area contributed by atoms with E-state index in [1.165, 1.54) is 0 Å². The number of carbonyl (C=O) groups is 2. The lowest BCUT2D eigenvalue weighted by atomic mass is 9.85. The summed E-state index contributed by atoms with van der Waals surface area (Å²) < 4.78 is 5.79. The van der Waals surface area contributed by atoms with E-state index < -0.39 is 10.8 Å². The fourth-order valence-corrected chi connectivity index (χ4v) is 6.63. The Hall–Kier alpha value is -6.10. The van der Waals surface area contributed by atoms with Gasteiger partial charge in [0.2, 0.25) is 11.8 Å². The van der Waals surface area contributed by atoms with Gasteiger partial charge >= 0.3 is 0 Å². The number of amides is 2. The van der Waals surface area contributed by atoms with Gasteiger partial charge in [-0.25, -0.2) is 15.0 Å². The molecule has 11 heteroatoms. The molecule has 2 amide bonds. The fraction of sp³-hybridized carbons (Fsp3) is 0.268. The maximum atomic E-state index is 13.1. The second-order valence-electron chi connectivity index (χ2n) is 14.4. The number of aryl methyl sites for hydroxylation is 3. The zero-order chi connectivity index (χ0) is 36.9. The monoisotopic (exact) mass is 692 g/mol. The first-order valence-corrected chi connectivity index (χ1v) is 17.1. The molecule has 3 aliphatic rings. The number of anilines is 4. The summed E-state index contributed by atoms with van der Waals surface area (Å²) in [7, 11) is 0. The molecule has 2 aromatic carbocycles. The second-order valence-corrected chi connectivity index (χ2v) is 14.4. The van der Waals surface area contributed by atoms with E-state index in [9.17, 15) is 9.59 Å². The number of rotatable bonds is 4. The Morgan fingerprint density at radius 1 is 0.692 bits per heavy atom. The third-order valence-corrected chi connectivity index (χ3v) is 9.66. The minimum Gasteiger partial charge on any atom is -0.489 e. The van der Waals surface area contributed by atoms with Crippen molar-refractivity contribution in [3.05, 3.63) is 131 Å². The molecule has 3 aromatic heterocycles. The van der Waals surface area contributed by atoms with Crippen LogP contribution in [-0.4, -0.2) is 41.7 Å². The molecule has 11 nitrogen and oxygen atoms in total. The molecule has 0 spiro atoms. The SMILES string of the molecule is CC1=COC(c2ccc3c(c2)N(c2cnc(C)nc2)C(=O)C3(C)C)C=C1.Cc1cnc(-c2ccc3c(c2)N(c2cncc(C)n2)C(=O)C3(C)C)cn1. The third-order valence-electron chi connectivity index (χ3n) is 9.66. The molecule has 262 valence electrons. The quantitative estimate of drug-likeness (QED) is 0.186. The van der Waals surface area contributed by atoms with E-state index in [1.54, 1.807) is 53.2 Å². The Balaban J connectivity index is 0.000000162. The predicted molar refractivity (Wildman–Crippen MR) is 199 cm³/mol. The predicted octanol–water partition coefficient (Wildman–Crippen LogP) is 7.78. The van der Waals surface area contributed by atoms with Crippen LogP contribution in [0.4, 0.5) is 22.9 Å². The van der Waals surface area contributed by atoms with Gasteiger partial charge in [-0.3, -0.25) is 34.3 Å². The average Bonchev–Trinajstić information content (AvgIpc) is 3.45. The van der Waals surface area contributed by atoms with Gasteiger partial charge in [-0.15, -0.1) is 0 Å². The van der Waals surface area contributed by atoms with Crippen LogP contribution >= 0.6 is 0 Å². The molecule has 0 saturated carbocycles. The molecule has 0 fully saturated rings. The number of benzene rings is 2. The lowest BCUT2D eigenvalue weighted by Gasteiger charge is -2.21. The summed E-state index contributed by atoms with van der Waals surface area (Å²) in [5.41, 5.74) is 8.51. The van der Waals surface area contributed by atoms with Crippen molar-refractivity contribution in [1.82, 2.24) is 29.9 Å². The van der Waals surface area contributed by atoms with E-state index in [0.717, 1.165) is 56.3 Å². The summed E-state index contributed by atoms with van der Waals surface area (Å²) >= 11 is 0. The van der Waals surface area contributed by atoms with E-state index in [4.69, 9.17) is 4.74 Å². The standard InChI is InChI=1S/C21H21N3O2.C20H19N5O/c1-13-5-8-19(26-12-13)15-6-7-17-18(9-15)24(20(25)21(17,3)4)16-10-22-14(2)23-11-16;1-12-9-23-16(10-22-12)14-5-6-15-17(7-14)25(19(26)20(15,3)4)18-11-21-8-13(2)24-18/h5-12,19H,1-4H3;5-11H,1-4H3. The highest BCUT2D eigenvalue weighted by Crippen LogP contribution is 2.47. The Kier molecular flexibility index (Phi) is 8.52. The van der Waals surface area contributed by atoms with E-state index in [0.29, 0.717) is 17.3 Å². The number of nitrogens with zero attached hydrogens (tertiary/aromatic N) is 8. The van der Waals surface area contributed by atoms with Crippen molar-refractivity contribution in [3.8, 4) is 11.3 Å². The minimum absolute atomic E-state index is 0.0143. The summed E-state index contributed by atoms with van der Waals surface area (Å²) in [5, 5.41) is 0. The van der Waals surface area contributed by atoms with Gasteiger partial charge in [0, 0.05) is 18.0 Å². The first-order valence-electron chi connectivity index (χ1n) is 17.1. The number of aromatic nitrogens is 6. The lowest BCUT2D eigenvalue weighted by Crippen LogP contribution is -2.33. The van der Waals surface area contributed by atoms with E-state index in [1.807, 2.05) is 104 Å². The molecule has 5 aromatic rings. The van der Waals surface area contributed by atoms with Gasteiger partial charge in [-0.2, -0.15) is 0 Å². The van der Waals surface area contributed by atoms with Crippen molar-refractivity contribution >= 4 is 34.7 Å². The number of fused-ring (bicyclic) bond motifs is 2. The van der Waals surface area contributed by atoms with Crippen molar-refractivity contribution in [2.45, 2.75) is 72.3 Å². The fourth-order valence-electron chi connectivity index (χ4n) is 6.63. The van der Waals surface area contributed by atoms with Gasteiger partial charge in [0.1, 0.15) is 11.9 Å². The molecule has 1 atom stereocenters. The van der Waals surface area contributed by atoms with Crippen molar-refractivity contribution in [3.63, 3.8) is 0 Å². The zero-order valence-electron chi connectivity index (χ0n) is 30.5. The lowest BCUT2D eigenvalue weighted by molar-refractivity contribution is -0.122. The first-order chi connectivity index (χ1) is 24.8. The number of hydrogen-bond acceptors (Lipinski definition) is 9. The zero-order valence-corrected chi connectivity index (χ0v) is 30.5. The van der Waals surface area contributed by atoms with Crippen LogP contribution < -0.4 is 9.80 Å². The van der Waals surface area contributed by atoms with Crippen LogP contribution in [0.5, 0.6) is 0 Å². The maximum Gasteiger partial charge on any atom is 0.242 e. The number of allylic oxidation sites excluding steroid dienone is 2. The largest absolute Gasteiger partial charge is 0.489 e. The molecule has 6 heterocycles. The molecule has 0 N–H and O–H groups in total. The molecule has 8 rings (SSSR count). The maximum absolute atomic E-state index is 13.1. The molecule has 52 heavy (non-hydrogen) atoms.